The number of hydrogen-bond donors (Lipinski definition) is 3. The number of carbonyl (C=O) groups is 3. The summed E-state index contributed by atoms with van der Waals surface area (Å²) in [5.74, 6) is -1.60. The van der Waals surface area contributed by atoms with Crippen LogP contribution in [0, 0.1) is 11.8 Å². The average molecular weight is 553 g/mol. The van der Waals surface area contributed by atoms with Gasteiger partial charge in [0.15, 0.2) is 0 Å². The molecule has 7 atom stereocenters. The van der Waals surface area contributed by atoms with Gasteiger partial charge >= 0.3 is 0 Å². The number of carbonyl (C=O) groups excluding carboxylic acids is 3. The molecule has 3 heterocycles. The van der Waals surface area contributed by atoms with Crippen LogP contribution in [0.1, 0.15) is 39.2 Å². The second kappa shape index (κ2) is 10.2. The Hall–Kier alpha value is -1.58. The van der Waals surface area contributed by atoms with E-state index in [1.54, 1.807) is 16.7 Å². The van der Waals surface area contributed by atoms with E-state index in [0.29, 0.717) is 19.4 Å². The van der Waals surface area contributed by atoms with Crippen LogP contribution in [0.2, 0.25) is 0 Å². The number of benzene rings is 1. The Morgan fingerprint density at radius 3 is 2.59 bits per heavy atom. The fourth-order valence-corrected chi connectivity index (χ4v) is 9.53. The van der Waals surface area contributed by atoms with Crippen LogP contribution in [-0.2, 0) is 20.8 Å². The third-order valence-electron chi connectivity index (χ3n) is 7.18. The van der Waals surface area contributed by atoms with Crippen LogP contribution in [0.5, 0.6) is 0 Å². The van der Waals surface area contributed by atoms with E-state index in [4.69, 9.17) is 0 Å². The maximum Gasteiger partial charge on any atom is 0.244 e. The van der Waals surface area contributed by atoms with Crippen LogP contribution >= 0.6 is 27.7 Å². The normalized spacial score (nSPS) is 32.7. The van der Waals surface area contributed by atoms with Crippen molar-refractivity contribution in [2.24, 2.45) is 11.8 Å². The highest BCUT2D eigenvalue weighted by Gasteiger charge is 2.76. The molecule has 2 bridgehead atoms. The van der Waals surface area contributed by atoms with Crippen molar-refractivity contribution in [2.45, 2.75) is 73.0 Å². The van der Waals surface area contributed by atoms with Crippen molar-refractivity contribution >= 4 is 45.4 Å². The minimum atomic E-state index is -0.743. The summed E-state index contributed by atoms with van der Waals surface area (Å²) in [6.07, 6.45) is 1.88. The molecule has 4 rings (SSSR count). The number of amides is 3. The van der Waals surface area contributed by atoms with Gasteiger partial charge < -0.3 is 20.6 Å². The summed E-state index contributed by atoms with van der Waals surface area (Å²) in [4.78, 5) is 42.6. The molecule has 186 valence electrons. The van der Waals surface area contributed by atoms with E-state index in [9.17, 15) is 19.5 Å². The molecule has 3 saturated heterocycles. The molecular formula is C25H34BrN3O4S. The molecule has 3 unspecified atom stereocenters. The van der Waals surface area contributed by atoms with Crippen molar-refractivity contribution in [1.82, 2.24) is 15.5 Å². The van der Waals surface area contributed by atoms with Gasteiger partial charge in [-0.2, -0.15) is 0 Å². The zero-order chi connectivity index (χ0) is 24.6. The van der Waals surface area contributed by atoms with Crippen LogP contribution in [0.25, 0.3) is 0 Å². The van der Waals surface area contributed by atoms with E-state index in [-0.39, 0.29) is 40.4 Å². The van der Waals surface area contributed by atoms with Gasteiger partial charge in [-0.1, -0.05) is 53.2 Å². The molecular weight excluding hydrogens is 518 g/mol. The second-order valence-electron chi connectivity index (χ2n) is 9.89. The van der Waals surface area contributed by atoms with Gasteiger partial charge in [0.05, 0.1) is 29.2 Å². The fraction of sp³-hybridized carbons (Fsp3) is 0.640. The summed E-state index contributed by atoms with van der Waals surface area (Å²) in [6, 6.07) is 8.31. The Labute approximate surface area is 213 Å². The molecule has 0 aliphatic carbocycles. The van der Waals surface area contributed by atoms with Gasteiger partial charge in [0, 0.05) is 22.7 Å². The van der Waals surface area contributed by atoms with Crippen LogP contribution in [0.3, 0.4) is 0 Å². The maximum atomic E-state index is 14.1. The summed E-state index contributed by atoms with van der Waals surface area (Å²) < 4.78 is -0.701. The molecule has 3 aliphatic rings. The molecule has 1 spiro atoms. The number of nitrogens with one attached hydrogen (secondary N) is 2. The Morgan fingerprint density at radius 1 is 1.26 bits per heavy atom. The highest BCUT2D eigenvalue weighted by molar-refractivity contribution is 9.09. The standard InChI is InChI=1S/C25H34BrN3O4S/c1-4-10-27-22(31)18-19-24(33)29(16(13-30)11-15-8-6-5-7-9-15)21(23(32)28-14(2)3)25(19)12-17(26)20(18)34-25/h5-9,14,16-21,30H,4,10-13H2,1-3H3,(H,27,31)(H,28,32)/t16-,17?,18-,19+,20-,21?,25?/m1/s1. The van der Waals surface area contributed by atoms with Crippen molar-refractivity contribution in [3.8, 4) is 0 Å². The first kappa shape index (κ1) is 25.5. The van der Waals surface area contributed by atoms with Gasteiger partial charge in [-0.15, -0.1) is 11.8 Å². The number of hydrogen-bond acceptors (Lipinski definition) is 5. The third kappa shape index (κ3) is 4.28. The number of aliphatic hydroxyl groups excluding tert-OH is 1. The lowest BCUT2D eigenvalue weighted by Crippen LogP contribution is -2.58. The minimum Gasteiger partial charge on any atom is -0.394 e. The molecule has 1 aromatic rings. The molecule has 0 saturated carbocycles. The lowest BCUT2D eigenvalue weighted by atomic mass is 9.70. The molecule has 9 heteroatoms. The highest BCUT2D eigenvalue weighted by Crippen LogP contribution is 2.68. The van der Waals surface area contributed by atoms with Gasteiger partial charge in [0.25, 0.3) is 0 Å². The molecule has 0 aromatic heterocycles. The molecule has 0 radical (unpaired) electrons. The smallest absolute Gasteiger partial charge is 0.244 e. The molecule has 3 aliphatic heterocycles. The first-order valence-electron chi connectivity index (χ1n) is 12.1. The minimum absolute atomic E-state index is 0.0370. The number of nitrogens with zero attached hydrogens (tertiary/aromatic N) is 1. The second-order valence-corrected chi connectivity index (χ2v) is 12.6. The Bertz CT molecular complexity index is 932. The van der Waals surface area contributed by atoms with Crippen LogP contribution in [0.4, 0.5) is 0 Å². The summed E-state index contributed by atoms with van der Waals surface area (Å²) in [5, 5.41) is 16.3. The maximum absolute atomic E-state index is 14.1. The predicted molar refractivity (Wildman–Crippen MR) is 137 cm³/mol. The number of fused-ring (bicyclic) bond motifs is 1. The van der Waals surface area contributed by atoms with Crippen molar-refractivity contribution in [3.63, 3.8) is 0 Å². The number of thioether (sulfide) groups is 1. The number of likely N-dealkylation sites (tertiary alicyclic amines) is 1. The van der Waals surface area contributed by atoms with Crippen LogP contribution < -0.4 is 10.6 Å². The third-order valence-corrected chi connectivity index (χ3v) is 10.4. The van der Waals surface area contributed by atoms with E-state index >= 15 is 0 Å². The Morgan fingerprint density at radius 2 is 1.97 bits per heavy atom. The number of alkyl halides is 1. The van der Waals surface area contributed by atoms with Gasteiger partial charge in [-0.3, -0.25) is 14.4 Å². The molecule has 3 fully saturated rings. The molecule has 3 N–H and O–H groups in total. The molecule has 3 amide bonds. The van der Waals surface area contributed by atoms with E-state index in [0.717, 1.165) is 12.0 Å². The van der Waals surface area contributed by atoms with Gasteiger partial charge in [-0.05, 0) is 38.7 Å². The SMILES string of the molecule is CCCNC(=O)[C@H]1[C@@H]2SC3(CC2Br)C(C(=O)NC(C)C)N([C@@H](CO)Cc2ccccc2)C(=O)[C@H]13. The van der Waals surface area contributed by atoms with E-state index in [1.807, 2.05) is 51.1 Å². The molecule has 34 heavy (non-hydrogen) atoms. The summed E-state index contributed by atoms with van der Waals surface area (Å²) in [6.45, 7) is 6.09. The highest BCUT2D eigenvalue weighted by atomic mass is 79.9. The average Bonchev–Trinajstić information content (AvgIpc) is 3.39. The van der Waals surface area contributed by atoms with Crippen LogP contribution in [-0.4, -0.2) is 73.8 Å². The van der Waals surface area contributed by atoms with Crippen molar-refractivity contribution < 1.29 is 19.5 Å². The Kier molecular flexibility index (Phi) is 7.64. The topological polar surface area (TPSA) is 98.7 Å². The van der Waals surface area contributed by atoms with Crippen molar-refractivity contribution in [1.29, 1.82) is 0 Å². The number of halogens is 1. The van der Waals surface area contributed by atoms with Crippen molar-refractivity contribution in [3.05, 3.63) is 35.9 Å². The zero-order valence-electron chi connectivity index (χ0n) is 19.9. The number of rotatable bonds is 9. The summed E-state index contributed by atoms with van der Waals surface area (Å²) >= 11 is 5.39. The quantitative estimate of drug-likeness (QED) is 0.408. The monoisotopic (exact) mass is 551 g/mol. The first-order chi connectivity index (χ1) is 16.2. The van der Waals surface area contributed by atoms with E-state index in [2.05, 4.69) is 26.6 Å². The summed E-state index contributed by atoms with van der Waals surface area (Å²) in [7, 11) is 0. The summed E-state index contributed by atoms with van der Waals surface area (Å²) in [5.41, 5.74) is 0.986. The Balaban J connectivity index is 1.75. The van der Waals surface area contributed by atoms with Crippen molar-refractivity contribution in [2.75, 3.05) is 13.2 Å². The van der Waals surface area contributed by atoms with E-state index in [1.165, 1.54) is 0 Å². The largest absolute Gasteiger partial charge is 0.394 e. The zero-order valence-corrected chi connectivity index (χ0v) is 22.3. The lowest BCUT2D eigenvalue weighted by molar-refractivity contribution is -0.142. The number of aliphatic hydroxyl groups is 1. The lowest BCUT2D eigenvalue weighted by Gasteiger charge is -2.37. The van der Waals surface area contributed by atoms with E-state index < -0.39 is 28.7 Å². The van der Waals surface area contributed by atoms with Gasteiger partial charge in [0.1, 0.15) is 6.04 Å². The molecule has 1 aromatic carbocycles. The molecule has 7 nitrogen and oxygen atoms in total. The first-order valence-corrected chi connectivity index (χ1v) is 13.9. The predicted octanol–water partition coefficient (Wildman–Crippen LogP) is 2.11. The van der Waals surface area contributed by atoms with Crippen LogP contribution in [0.15, 0.2) is 30.3 Å². The van der Waals surface area contributed by atoms with Gasteiger partial charge in [0.2, 0.25) is 17.7 Å². The van der Waals surface area contributed by atoms with Gasteiger partial charge in [-0.25, -0.2) is 0 Å². The fourth-order valence-electron chi connectivity index (χ4n) is 5.93.